The van der Waals surface area contributed by atoms with Crippen molar-refractivity contribution in [1.82, 2.24) is 14.9 Å². The van der Waals surface area contributed by atoms with Gasteiger partial charge in [-0.05, 0) is 41.5 Å². The van der Waals surface area contributed by atoms with Gasteiger partial charge in [0.05, 0.1) is 17.6 Å². The van der Waals surface area contributed by atoms with Crippen LogP contribution in [0.2, 0.25) is 0 Å². The first kappa shape index (κ1) is 33.7. The molecule has 0 radical (unpaired) electrons. The molecule has 0 bridgehead atoms. The Morgan fingerprint density at radius 1 is 0.872 bits per heavy atom. The normalized spacial score (nSPS) is 20.8. The van der Waals surface area contributed by atoms with E-state index in [1.54, 1.807) is 0 Å². The average Bonchev–Trinajstić information content (AvgIpc) is 3.37. The third kappa shape index (κ3) is 8.60. The number of esters is 3. The van der Waals surface area contributed by atoms with Crippen molar-refractivity contribution < 1.29 is 42.9 Å². The van der Waals surface area contributed by atoms with E-state index in [1.807, 2.05) is 65.2 Å². The Morgan fingerprint density at radius 2 is 1.57 bits per heavy atom. The number of hydrogen-bond donors (Lipinski definition) is 1. The lowest BCUT2D eigenvalue weighted by molar-refractivity contribution is -0.211. The molecule has 4 aromatic rings. The summed E-state index contributed by atoms with van der Waals surface area (Å²) in [7, 11) is 0. The van der Waals surface area contributed by atoms with Gasteiger partial charge in [0.1, 0.15) is 29.9 Å². The number of aryl methyl sites for hydroxylation is 1. The molecule has 0 aliphatic carbocycles. The fourth-order valence-electron chi connectivity index (χ4n) is 5.52. The highest BCUT2D eigenvalue weighted by molar-refractivity contribution is 7.99. The zero-order chi connectivity index (χ0) is 33.5. The Kier molecular flexibility index (Phi) is 11.0. The first-order valence-electron chi connectivity index (χ1n) is 15.2. The Bertz CT molecular complexity index is 1760. The predicted molar refractivity (Wildman–Crippen MR) is 174 cm³/mol. The number of carbonyl (C=O) groups excluding carboxylic acids is 4. The Balaban J connectivity index is 1.41. The van der Waals surface area contributed by atoms with Crippen LogP contribution < -0.4 is 10.1 Å². The summed E-state index contributed by atoms with van der Waals surface area (Å²) in [6, 6.07) is 20.8. The first-order chi connectivity index (χ1) is 22.6. The number of rotatable bonds is 12. The number of hydrogen-bond acceptors (Lipinski definition) is 11. The number of benzene rings is 3. The Hall–Kier alpha value is -4.62. The summed E-state index contributed by atoms with van der Waals surface area (Å²) in [6.07, 6.45) is -2.68. The molecule has 1 amide bonds. The molecule has 1 fully saturated rings. The molecular formula is C34H37N3O9S. The van der Waals surface area contributed by atoms with Crippen molar-refractivity contribution in [3.8, 4) is 5.75 Å². The van der Waals surface area contributed by atoms with Gasteiger partial charge in [-0.2, -0.15) is 0 Å². The van der Waals surface area contributed by atoms with Gasteiger partial charge in [-0.25, -0.2) is 4.98 Å². The fraction of sp³-hybridized carbons (Fsp3) is 0.382. The maximum atomic E-state index is 12.4. The number of aromatic nitrogens is 2. The largest absolute Gasteiger partial charge is 0.494 e. The van der Waals surface area contributed by atoms with Crippen molar-refractivity contribution in [1.29, 1.82) is 0 Å². The van der Waals surface area contributed by atoms with E-state index in [2.05, 4.69) is 11.4 Å². The van der Waals surface area contributed by atoms with Gasteiger partial charge >= 0.3 is 17.9 Å². The number of imidazole rings is 1. The van der Waals surface area contributed by atoms with Gasteiger partial charge in [0.25, 0.3) is 0 Å². The summed E-state index contributed by atoms with van der Waals surface area (Å²) < 4.78 is 30.9. The molecule has 2 heterocycles. The maximum absolute atomic E-state index is 12.4. The zero-order valence-electron chi connectivity index (χ0n) is 26.5. The lowest BCUT2D eigenvalue weighted by Gasteiger charge is -2.44. The van der Waals surface area contributed by atoms with Crippen molar-refractivity contribution in [2.24, 2.45) is 0 Å². The van der Waals surface area contributed by atoms with Crippen LogP contribution >= 0.6 is 11.8 Å². The van der Waals surface area contributed by atoms with E-state index in [0.29, 0.717) is 24.7 Å². The number of thioether (sulfide) groups is 1. The van der Waals surface area contributed by atoms with Crippen molar-refractivity contribution in [3.63, 3.8) is 0 Å². The predicted octanol–water partition coefficient (Wildman–Crippen LogP) is 4.41. The number of carbonyl (C=O) groups is 4. The highest BCUT2D eigenvalue weighted by atomic mass is 32.2. The van der Waals surface area contributed by atoms with Crippen LogP contribution in [0.15, 0.2) is 71.9 Å². The maximum Gasteiger partial charge on any atom is 0.303 e. The highest BCUT2D eigenvalue weighted by Crippen LogP contribution is 2.37. The van der Waals surface area contributed by atoms with Gasteiger partial charge in [0.2, 0.25) is 5.91 Å². The Labute approximate surface area is 276 Å². The summed E-state index contributed by atoms with van der Waals surface area (Å²) in [5, 5.41) is 5.63. The van der Waals surface area contributed by atoms with Crippen LogP contribution in [0.3, 0.4) is 0 Å². The van der Waals surface area contributed by atoms with Crippen LogP contribution in [0.4, 0.5) is 0 Å². The van der Waals surface area contributed by atoms with E-state index in [-0.39, 0.29) is 6.61 Å². The summed E-state index contributed by atoms with van der Waals surface area (Å²) in [4.78, 5) is 53.4. The van der Waals surface area contributed by atoms with E-state index in [4.69, 9.17) is 28.7 Å². The smallest absolute Gasteiger partial charge is 0.303 e. The van der Waals surface area contributed by atoms with Gasteiger partial charge in [-0.15, -0.1) is 0 Å². The molecular weight excluding hydrogens is 626 g/mol. The molecule has 248 valence electrons. The van der Waals surface area contributed by atoms with E-state index in [1.165, 1.54) is 39.5 Å². The monoisotopic (exact) mass is 663 g/mol. The van der Waals surface area contributed by atoms with E-state index < -0.39 is 53.6 Å². The summed E-state index contributed by atoms with van der Waals surface area (Å²) >= 11 is 1.21. The van der Waals surface area contributed by atoms with Gasteiger partial charge in [0.15, 0.2) is 17.4 Å². The van der Waals surface area contributed by atoms with E-state index in [9.17, 15) is 19.2 Å². The standard InChI is InChI=1S/C34H37N3O9S/c1-20(38)35-30-32(45-23(4)41)31(44-22(3)40)29(19-43-21(2)39)46-33(30)47-34-36-27-12-7-8-13-28(27)37(34)16-9-17-42-26-15-14-24-10-5-6-11-25(24)18-26/h5-8,10-15,18,29-33H,9,16-17,19H2,1-4H3,(H,35,38)/t29-,30+,31+,32+,33+/m1/s1. The number of amides is 1. The summed E-state index contributed by atoms with van der Waals surface area (Å²) in [5.74, 6) is -1.52. The van der Waals surface area contributed by atoms with Crippen LogP contribution in [0.5, 0.6) is 5.75 Å². The first-order valence-corrected chi connectivity index (χ1v) is 16.1. The molecule has 1 N–H and O–H groups in total. The minimum absolute atomic E-state index is 0.280. The molecule has 1 saturated heterocycles. The van der Waals surface area contributed by atoms with Gasteiger partial charge < -0.3 is 33.6 Å². The number of para-hydroxylation sites is 2. The molecule has 3 aromatic carbocycles. The number of fused-ring (bicyclic) bond motifs is 2. The van der Waals surface area contributed by atoms with Crippen LogP contribution in [0.1, 0.15) is 34.1 Å². The molecule has 1 aliphatic heterocycles. The van der Waals surface area contributed by atoms with E-state index >= 15 is 0 Å². The van der Waals surface area contributed by atoms with Crippen LogP contribution in [0, 0.1) is 0 Å². The molecule has 0 spiro atoms. The number of nitrogens with one attached hydrogen (secondary N) is 1. The van der Waals surface area contributed by atoms with Crippen molar-refractivity contribution >= 4 is 57.4 Å². The zero-order valence-corrected chi connectivity index (χ0v) is 27.4. The van der Waals surface area contributed by atoms with Crippen LogP contribution in [-0.2, 0) is 44.7 Å². The second kappa shape index (κ2) is 15.3. The number of nitrogens with zero attached hydrogens (tertiary/aromatic N) is 2. The Morgan fingerprint density at radius 3 is 2.30 bits per heavy atom. The quantitative estimate of drug-likeness (QED) is 0.131. The van der Waals surface area contributed by atoms with Crippen molar-refractivity contribution in [2.45, 2.75) is 75.6 Å². The fourth-order valence-corrected chi connectivity index (χ4v) is 6.77. The third-order valence-corrected chi connectivity index (χ3v) is 8.59. The average molecular weight is 664 g/mol. The summed E-state index contributed by atoms with van der Waals surface area (Å²) in [5.41, 5.74) is 0.751. The van der Waals surface area contributed by atoms with Crippen LogP contribution in [0.25, 0.3) is 21.8 Å². The molecule has 5 atom stereocenters. The molecule has 1 aromatic heterocycles. The SMILES string of the molecule is CC(=O)N[C@H]1[C@H](OC(C)=O)[C@@H](OC(C)=O)[C@@H](COC(C)=O)O[C@H]1Sc1nc2ccccc2n1CCCOc1ccc2ccccc2c1. The minimum Gasteiger partial charge on any atom is -0.494 e. The highest BCUT2D eigenvalue weighted by Gasteiger charge is 2.51. The third-order valence-electron chi connectivity index (χ3n) is 7.43. The van der Waals surface area contributed by atoms with Crippen molar-refractivity contribution in [2.75, 3.05) is 13.2 Å². The lowest BCUT2D eigenvalue weighted by atomic mass is 9.97. The molecule has 12 nitrogen and oxygen atoms in total. The van der Waals surface area contributed by atoms with Gasteiger partial charge in [0, 0.05) is 34.2 Å². The van der Waals surface area contributed by atoms with Crippen LogP contribution in [-0.4, -0.2) is 76.4 Å². The molecule has 5 rings (SSSR count). The van der Waals surface area contributed by atoms with Crippen molar-refractivity contribution in [3.05, 3.63) is 66.7 Å². The minimum atomic E-state index is -1.17. The topological polar surface area (TPSA) is 144 Å². The van der Waals surface area contributed by atoms with E-state index in [0.717, 1.165) is 27.6 Å². The molecule has 47 heavy (non-hydrogen) atoms. The second-order valence-electron chi connectivity index (χ2n) is 11.1. The molecule has 0 saturated carbocycles. The molecule has 1 aliphatic rings. The van der Waals surface area contributed by atoms with Gasteiger partial charge in [-0.3, -0.25) is 19.2 Å². The van der Waals surface area contributed by atoms with Gasteiger partial charge in [-0.1, -0.05) is 54.2 Å². The lowest BCUT2D eigenvalue weighted by Crippen LogP contribution is -2.65. The molecule has 0 unspecified atom stereocenters. The molecule has 13 heteroatoms. The summed E-state index contributed by atoms with van der Waals surface area (Å²) in [6.45, 7) is 5.70. The number of ether oxygens (including phenoxy) is 5. The second-order valence-corrected chi connectivity index (χ2v) is 12.1.